The number of esters is 1. The molecule has 0 aliphatic carbocycles. The fourth-order valence-corrected chi connectivity index (χ4v) is 1.15. The molecule has 0 unspecified atom stereocenters. The molecule has 0 aromatic carbocycles. The van der Waals surface area contributed by atoms with Crippen LogP contribution in [-0.2, 0) is 4.74 Å². The molecule has 0 bridgehead atoms. The van der Waals surface area contributed by atoms with Gasteiger partial charge in [0.25, 0.3) is 0 Å². The highest BCUT2D eigenvalue weighted by atomic mass is 16.5. The first-order valence-corrected chi connectivity index (χ1v) is 4.61. The summed E-state index contributed by atoms with van der Waals surface area (Å²) >= 11 is 0. The lowest BCUT2D eigenvalue weighted by molar-refractivity contribution is 0.0587. The second-order valence-corrected chi connectivity index (χ2v) is 2.96. The SMILES string of the molecule is COC(=O)c1nccc(Nn2cccc2)n1. The molecular weight excluding hydrogens is 208 g/mol. The van der Waals surface area contributed by atoms with Crippen molar-refractivity contribution < 1.29 is 9.53 Å². The Labute approximate surface area is 91.9 Å². The van der Waals surface area contributed by atoms with E-state index in [2.05, 4.69) is 20.1 Å². The Morgan fingerprint density at radius 2 is 2.19 bits per heavy atom. The van der Waals surface area contributed by atoms with Crippen LogP contribution in [-0.4, -0.2) is 27.7 Å². The monoisotopic (exact) mass is 218 g/mol. The first kappa shape index (κ1) is 10.2. The van der Waals surface area contributed by atoms with Gasteiger partial charge in [-0.2, -0.15) is 0 Å². The molecule has 6 nitrogen and oxygen atoms in total. The van der Waals surface area contributed by atoms with Gasteiger partial charge in [-0.05, 0) is 12.1 Å². The van der Waals surface area contributed by atoms with Crippen LogP contribution in [0.15, 0.2) is 36.8 Å². The highest BCUT2D eigenvalue weighted by Crippen LogP contribution is 2.03. The molecule has 2 heterocycles. The smallest absolute Gasteiger partial charge is 0.376 e. The molecule has 0 radical (unpaired) electrons. The first-order chi connectivity index (χ1) is 7.79. The standard InChI is InChI=1S/C10H10N4O2/c1-16-10(15)9-11-5-4-8(12-9)13-14-6-2-3-7-14/h2-7H,1H3,(H,11,12,13). The molecule has 0 aliphatic rings. The third kappa shape index (κ3) is 2.17. The van der Waals surface area contributed by atoms with Crippen molar-refractivity contribution in [3.05, 3.63) is 42.6 Å². The Balaban J connectivity index is 2.19. The summed E-state index contributed by atoms with van der Waals surface area (Å²) in [4.78, 5) is 19.0. The van der Waals surface area contributed by atoms with Gasteiger partial charge in [0.05, 0.1) is 7.11 Å². The molecule has 2 aromatic rings. The molecule has 16 heavy (non-hydrogen) atoms. The van der Waals surface area contributed by atoms with Crippen LogP contribution in [0.5, 0.6) is 0 Å². The van der Waals surface area contributed by atoms with Gasteiger partial charge in [0, 0.05) is 24.7 Å². The van der Waals surface area contributed by atoms with Gasteiger partial charge in [-0.15, -0.1) is 0 Å². The average Bonchev–Trinajstić information content (AvgIpc) is 2.81. The fraction of sp³-hybridized carbons (Fsp3) is 0.100. The maximum Gasteiger partial charge on any atom is 0.376 e. The summed E-state index contributed by atoms with van der Waals surface area (Å²) in [5, 5.41) is 0. The maximum absolute atomic E-state index is 11.2. The Kier molecular flexibility index (Phi) is 2.81. The lowest BCUT2D eigenvalue weighted by Gasteiger charge is -2.06. The average molecular weight is 218 g/mol. The summed E-state index contributed by atoms with van der Waals surface area (Å²) < 4.78 is 6.24. The molecule has 0 fully saturated rings. The van der Waals surface area contributed by atoms with E-state index in [9.17, 15) is 4.79 Å². The van der Waals surface area contributed by atoms with Gasteiger partial charge in [-0.3, -0.25) is 10.1 Å². The van der Waals surface area contributed by atoms with E-state index in [0.717, 1.165) is 0 Å². The van der Waals surface area contributed by atoms with Gasteiger partial charge in [-0.1, -0.05) is 0 Å². The molecule has 0 spiro atoms. The van der Waals surface area contributed by atoms with Crippen molar-refractivity contribution in [1.29, 1.82) is 0 Å². The first-order valence-electron chi connectivity index (χ1n) is 4.61. The van der Waals surface area contributed by atoms with Crippen molar-refractivity contribution in [2.45, 2.75) is 0 Å². The number of methoxy groups -OCH3 is 1. The molecule has 0 atom stereocenters. The van der Waals surface area contributed by atoms with E-state index in [1.54, 1.807) is 10.7 Å². The number of carbonyl (C=O) groups is 1. The zero-order valence-corrected chi connectivity index (χ0v) is 8.62. The number of hydrogen-bond donors (Lipinski definition) is 1. The van der Waals surface area contributed by atoms with Crippen molar-refractivity contribution >= 4 is 11.8 Å². The molecule has 0 aliphatic heterocycles. The lowest BCUT2D eigenvalue weighted by Crippen LogP contribution is -2.12. The molecule has 1 N–H and O–H groups in total. The number of nitrogens with one attached hydrogen (secondary N) is 1. The number of ether oxygens (including phenoxy) is 1. The predicted molar refractivity (Wildman–Crippen MR) is 56.8 cm³/mol. The maximum atomic E-state index is 11.2. The number of nitrogens with zero attached hydrogens (tertiary/aromatic N) is 3. The van der Waals surface area contributed by atoms with Gasteiger partial charge in [0.15, 0.2) is 0 Å². The summed E-state index contributed by atoms with van der Waals surface area (Å²) in [6, 6.07) is 5.40. The Hall–Kier alpha value is -2.37. The van der Waals surface area contributed by atoms with Gasteiger partial charge < -0.3 is 4.74 Å². The molecular formula is C10H10N4O2. The predicted octanol–water partition coefficient (Wildman–Crippen LogP) is 0.940. The van der Waals surface area contributed by atoms with Crippen LogP contribution in [0.3, 0.4) is 0 Å². The number of hydrogen-bond acceptors (Lipinski definition) is 5. The zero-order chi connectivity index (χ0) is 11.4. The summed E-state index contributed by atoms with van der Waals surface area (Å²) in [7, 11) is 1.29. The second-order valence-electron chi connectivity index (χ2n) is 2.96. The third-order valence-electron chi connectivity index (χ3n) is 1.87. The minimum absolute atomic E-state index is 0.0275. The van der Waals surface area contributed by atoms with Gasteiger partial charge in [-0.25, -0.2) is 14.8 Å². The Bertz CT molecular complexity index is 481. The van der Waals surface area contributed by atoms with E-state index in [0.29, 0.717) is 5.82 Å². The van der Waals surface area contributed by atoms with E-state index in [4.69, 9.17) is 0 Å². The van der Waals surface area contributed by atoms with Crippen LogP contribution in [0.25, 0.3) is 0 Å². The van der Waals surface area contributed by atoms with Crippen LogP contribution in [0, 0.1) is 0 Å². The lowest BCUT2D eigenvalue weighted by atomic mass is 10.5. The van der Waals surface area contributed by atoms with Gasteiger partial charge in [0.1, 0.15) is 5.82 Å². The number of anilines is 1. The number of aromatic nitrogens is 3. The summed E-state index contributed by atoms with van der Waals surface area (Å²) in [6.07, 6.45) is 5.13. The summed E-state index contributed by atoms with van der Waals surface area (Å²) in [6.45, 7) is 0. The Morgan fingerprint density at radius 1 is 1.44 bits per heavy atom. The summed E-state index contributed by atoms with van der Waals surface area (Å²) in [5.41, 5.74) is 2.96. The minimum atomic E-state index is -0.559. The highest BCUT2D eigenvalue weighted by Gasteiger charge is 2.09. The second kappa shape index (κ2) is 4.43. The molecule has 2 aromatic heterocycles. The molecule has 2 rings (SSSR count). The molecule has 0 saturated carbocycles. The van der Waals surface area contributed by atoms with Crippen molar-refractivity contribution in [3.63, 3.8) is 0 Å². The third-order valence-corrected chi connectivity index (χ3v) is 1.87. The summed E-state index contributed by atoms with van der Waals surface area (Å²) in [5.74, 6) is -0.0117. The fourth-order valence-electron chi connectivity index (χ4n) is 1.15. The molecule has 82 valence electrons. The largest absolute Gasteiger partial charge is 0.463 e. The van der Waals surface area contributed by atoms with Crippen LogP contribution >= 0.6 is 0 Å². The topological polar surface area (TPSA) is 69.0 Å². The van der Waals surface area contributed by atoms with Crippen molar-refractivity contribution in [2.24, 2.45) is 0 Å². The van der Waals surface area contributed by atoms with E-state index < -0.39 is 5.97 Å². The zero-order valence-electron chi connectivity index (χ0n) is 8.62. The minimum Gasteiger partial charge on any atom is -0.463 e. The number of rotatable bonds is 3. The Morgan fingerprint density at radius 3 is 2.88 bits per heavy atom. The van der Waals surface area contributed by atoms with Gasteiger partial charge >= 0.3 is 5.97 Å². The van der Waals surface area contributed by atoms with E-state index >= 15 is 0 Å². The van der Waals surface area contributed by atoms with Gasteiger partial charge in [0.2, 0.25) is 5.82 Å². The van der Waals surface area contributed by atoms with Crippen molar-refractivity contribution in [2.75, 3.05) is 12.5 Å². The van der Waals surface area contributed by atoms with Crippen LogP contribution in [0.1, 0.15) is 10.6 Å². The van der Waals surface area contributed by atoms with E-state index in [-0.39, 0.29) is 5.82 Å². The van der Waals surface area contributed by atoms with Crippen molar-refractivity contribution in [3.8, 4) is 0 Å². The molecule has 0 amide bonds. The molecule has 0 saturated heterocycles. The normalized spacial score (nSPS) is 9.81. The quantitative estimate of drug-likeness (QED) is 0.776. The van der Waals surface area contributed by atoms with Crippen LogP contribution in [0.2, 0.25) is 0 Å². The van der Waals surface area contributed by atoms with Crippen molar-refractivity contribution in [1.82, 2.24) is 14.6 Å². The van der Waals surface area contributed by atoms with Crippen LogP contribution in [0.4, 0.5) is 5.82 Å². The van der Waals surface area contributed by atoms with E-state index in [1.165, 1.54) is 13.3 Å². The van der Waals surface area contributed by atoms with E-state index in [1.807, 2.05) is 24.5 Å². The highest BCUT2D eigenvalue weighted by molar-refractivity contribution is 5.85. The molecule has 6 heteroatoms. The van der Waals surface area contributed by atoms with Crippen LogP contribution < -0.4 is 5.43 Å². The number of carbonyl (C=O) groups excluding carboxylic acids is 1.